The molecule has 2 aromatic carbocycles. The smallest absolute Gasteiger partial charge is 0.337 e. The van der Waals surface area contributed by atoms with E-state index in [4.69, 9.17) is 0 Å². The minimum atomic E-state index is -4.69. The molecule has 1 amide bonds. The quantitative estimate of drug-likeness (QED) is 0.704. The summed E-state index contributed by atoms with van der Waals surface area (Å²) >= 11 is 0. The maximum Gasteiger partial charge on any atom is 0.471 e. The van der Waals surface area contributed by atoms with Crippen LogP contribution in [0.25, 0.3) is 11.4 Å². The minimum absolute atomic E-state index is 0.186. The van der Waals surface area contributed by atoms with Gasteiger partial charge in [0.1, 0.15) is 0 Å². The van der Waals surface area contributed by atoms with Gasteiger partial charge in [0.15, 0.2) is 0 Å². The fraction of sp³-hybridized carbons (Fsp3) is 0.167. The number of carbonyl (C=O) groups excluding carboxylic acids is 1. The highest BCUT2D eigenvalue weighted by Crippen LogP contribution is 2.29. The van der Waals surface area contributed by atoms with Crippen molar-refractivity contribution in [1.29, 1.82) is 0 Å². The van der Waals surface area contributed by atoms with Crippen LogP contribution in [0.1, 0.15) is 21.8 Å². The summed E-state index contributed by atoms with van der Waals surface area (Å²) in [6.45, 7) is 0.446. The normalized spacial score (nSPS) is 11.4. The highest BCUT2D eigenvalue weighted by molar-refractivity contribution is 5.94. The molecule has 0 aliphatic heterocycles. The van der Waals surface area contributed by atoms with Crippen molar-refractivity contribution < 1.29 is 22.5 Å². The number of amides is 1. The van der Waals surface area contributed by atoms with Crippen LogP contribution in [0.4, 0.5) is 13.2 Å². The van der Waals surface area contributed by atoms with Crippen molar-refractivity contribution in [3.05, 3.63) is 71.6 Å². The van der Waals surface area contributed by atoms with Gasteiger partial charge in [-0.25, -0.2) is 0 Å². The molecule has 0 saturated heterocycles. The maximum absolute atomic E-state index is 12.5. The van der Waals surface area contributed by atoms with Gasteiger partial charge in [-0.1, -0.05) is 47.6 Å². The summed E-state index contributed by atoms with van der Waals surface area (Å²) in [5, 5.41) is 3.32. The Balaban J connectivity index is 1.72. The summed E-state index contributed by atoms with van der Waals surface area (Å²) in [5.41, 5.74) is 1.73. The topological polar surface area (TPSA) is 59.2 Å². The first-order valence-electron chi connectivity index (χ1n) is 7.65. The second-order valence-corrected chi connectivity index (χ2v) is 5.65. The van der Waals surface area contributed by atoms with Gasteiger partial charge in [-0.2, -0.15) is 18.2 Å². The van der Waals surface area contributed by atoms with Gasteiger partial charge in [0, 0.05) is 24.7 Å². The predicted molar refractivity (Wildman–Crippen MR) is 87.0 cm³/mol. The third kappa shape index (κ3) is 3.90. The Morgan fingerprint density at radius 1 is 1.08 bits per heavy atom. The van der Waals surface area contributed by atoms with Crippen molar-refractivity contribution >= 4 is 5.91 Å². The van der Waals surface area contributed by atoms with Crippen molar-refractivity contribution in [3.63, 3.8) is 0 Å². The van der Waals surface area contributed by atoms with Gasteiger partial charge < -0.3 is 9.42 Å². The van der Waals surface area contributed by atoms with E-state index in [1.807, 2.05) is 30.3 Å². The van der Waals surface area contributed by atoms with E-state index in [-0.39, 0.29) is 11.7 Å². The van der Waals surface area contributed by atoms with Gasteiger partial charge in [0.05, 0.1) is 0 Å². The minimum Gasteiger partial charge on any atom is -0.337 e. The molecule has 0 saturated carbocycles. The van der Waals surface area contributed by atoms with Crippen molar-refractivity contribution in [3.8, 4) is 11.4 Å². The van der Waals surface area contributed by atoms with Gasteiger partial charge in [0.25, 0.3) is 5.91 Å². The van der Waals surface area contributed by atoms with E-state index in [2.05, 4.69) is 14.7 Å². The Morgan fingerprint density at radius 3 is 2.31 bits per heavy atom. The standard InChI is InChI=1S/C18H14F3N3O2/c1-24(11-12-5-3-2-4-6-12)16(25)14-9-7-13(8-10-14)15-22-17(26-23-15)18(19,20)21/h2-10H,11H2,1H3. The van der Waals surface area contributed by atoms with Gasteiger partial charge in [0.2, 0.25) is 5.82 Å². The second-order valence-electron chi connectivity index (χ2n) is 5.65. The third-order valence-electron chi connectivity index (χ3n) is 3.67. The molecule has 0 spiro atoms. The molecule has 0 radical (unpaired) electrons. The SMILES string of the molecule is CN(Cc1ccccc1)C(=O)c1ccc(-c2noc(C(F)(F)F)n2)cc1. The summed E-state index contributed by atoms with van der Waals surface area (Å²) < 4.78 is 41.7. The van der Waals surface area contributed by atoms with Crippen molar-refractivity contribution in [2.45, 2.75) is 12.7 Å². The van der Waals surface area contributed by atoms with Crippen molar-refractivity contribution in [2.24, 2.45) is 0 Å². The molecule has 3 rings (SSSR count). The van der Waals surface area contributed by atoms with Gasteiger partial charge in [-0.3, -0.25) is 4.79 Å². The summed E-state index contributed by atoms with van der Waals surface area (Å²) in [7, 11) is 1.68. The van der Waals surface area contributed by atoms with E-state index in [0.717, 1.165) is 5.56 Å². The zero-order valence-corrected chi connectivity index (χ0v) is 13.7. The van der Waals surface area contributed by atoms with Crippen LogP contribution in [0, 0.1) is 0 Å². The Hall–Kier alpha value is -3.16. The molecule has 0 N–H and O–H groups in total. The van der Waals surface area contributed by atoms with Crippen LogP contribution in [0.3, 0.4) is 0 Å². The van der Waals surface area contributed by atoms with Crippen LogP contribution in [0.5, 0.6) is 0 Å². The second kappa shape index (κ2) is 6.99. The lowest BCUT2D eigenvalue weighted by Gasteiger charge is -2.17. The molecule has 8 heteroatoms. The van der Waals surface area contributed by atoms with Crippen molar-refractivity contribution in [1.82, 2.24) is 15.0 Å². The lowest BCUT2D eigenvalue weighted by Crippen LogP contribution is -2.26. The number of rotatable bonds is 4. The first-order chi connectivity index (χ1) is 12.3. The van der Waals surface area contributed by atoms with Gasteiger partial charge in [-0.05, 0) is 17.7 Å². The van der Waals surface area contributed by atoms with Crippen LogP contribution in [0.15, 0.2) is 59.1 Å². The van der Waals surface area contributed by atoms with E-state index in [0.29, 0.717) is 17.7 Å². The molecule has 1 aromatic heterocycles. The molecule has 0 atom stereocenters. The molecule has 0 unspecified atom stereocenters. The van der Waals surface area contributed by atoms with E-state index in [1.165, 1.54) is 24.3 Å². The largest absolute Gasteiger partial charge is 0.471 e. The number of alkyl halides is 3. The number of hydrogen-bond donors (Lipinski definition) is 0. The number of aromatic nitrogens is 2. The zero-order valence-electron chi connectivity index (χ0n) is 13.7. The molecule has 5 nitrogen and oxygen atoms in total. The predicted octanol–water partition coefficient (Wildman–Crippen LogP) is 4.03. The van der Waals surface area contributed by atoms with Crippen LogP contribution < -0.4 is 0 Å². The molecule has 0 bridgehead atoms. The Kier molecular flexibility index (Phi) is 4.75. The first kappa shape index (κ1) is 17.7. The highest BCUT2D eigenvalue weighted by atomic mass is 19.4. The Morgan fingerprint density at radius 2 is 1.73 bits per heavy atom. The summed E-state index contributed by atoms with van der Waals surface area (Å²) in [4.78, 5) is 17.3. The van der Waals surface area contributed by atoms with Crippen LogP contribution in [-0.4, -0.2) is 28.0 Å². The average molecular weight is 361 g/mol. The monoisotopic (exact) mass is 361 g/mol. The maximum atomic E-state index is 12.5. The van der Waals surface area contributed by atoms with Crippen molar-refractivity contribution in [2.75, 3.05) is 7.05 Å². The van der Waals surface area contributed by atoms with Gasteiger partial charge in [-0.15, -0.1) is 0 Å². The average Bonchev–Trinajstić information content (AvgIpc) is 3.12. The molecule has 0 fully saturated rings. The number of halogens is 3. The van der Waals surface area contributed by atoms with Crippen LogP contribution in [-0.2, 0) is 12.7 Å². The first-order valence-corrected chi connectivity index (χ1v) is 7.65. The van der Waals surface area contributed by atoms with Crippen LogP contribution >= 0.6 is 0 Å². The molecule has 134 valence electrons. The number of hydrogen-bond acceptors (Lipinski definition) is 4. The molecule has 26 heavy (non-hydrogen) atoms. The van der Waals surface area contributed by atoms with E-state index in [9.17, 15) is 18.0 Å². The zero-order chi connectivity index (χ0) is 18.7. The number of benzene rings is 2. The number of carbonyl (C=O) groups is 1. The molecule has 0 aliphatic rings. The molecule has 0 aliphatic carbocycles. The third-order valence-corrected chi connectivity index (χ3v) is 3.67. The molecular weight excluding hydrogens is 347 g/mol. The molecule has 1 heterocycles. The van der Waals surface area contributed by atoms with Crippen LogP contribution in [0.2, 0.25) is 0 Å². The lowest BCUT2D eigenvalue weighted by molar-refractivity contribution is -0.159. The number of nitrogens with zero attached hydrogens (tertiary/aromatic N) is 3. The fourth-order valence-electron chi connectivity index (χ4n) is 2.37. The molecular formula is C18H14F3N3O2. The Labute approximate surface area is 147 Å². The summed E-state index contributed by atoms with van der Waals surface area (Å²) in [6.07, 6.45) is -4.69. The fourth-order valence-corrected chi connectivity index (χ4v) is 2.37. The highest BCUT2D eigenvalue weighted by Gasteiger charge is 2.38. The molecule has 3 aromatic rings. The Bertz CT molecular complexity index is 890. The lowest BCUT2D eigenvalue weighted by atomic mass is 10.1. The van der Waals surface area contributed by atoms with E-state index < -0.39 is 12.1 Å². The van der Waals surface area contributed by atoms with E-state index in [1.54, 1.807) is 11.9 Å². The summed E-state index contributed by atoms with van der Waals surface area (Å²) in [5.74, 6) is -1.80. The van der Waals surface area contributed by atoms with E-state index >= 15 is 0 Å². The summed E-state index contributed by atoms with van der Waals surface area (Å²) in [6, 6.07) is 15.5. The van der Waals surface area contributed by atoms with Gasteiger partial charge >= 0.3 is 12.1 Å².